The lowest BCUT2D eigenvalue weighted by Gasteiger charge is -2.40. The van der Waals surface area contributed by atoms with Gasteiger partial charge in [0.1, 0.15) is 6.10 Å². The van der Waals surface area contributed by atoms with Gasteiger partial charge in [-0.1, -0.05) is 6.92 Å². The third-order valence-corrected chi connectivity index (χ3v) is 6.51. The molecular formula is C18H22BrNO3. The van der Waals surface area contributed by atoms with E-state index in [-0.39, 0.29) is 24.1 Å². The van der Waals surface area contributed by atoms with Crippen LogP contribution in [0, 0.1) is 29.6 Å². The van der Waals surface area contributed by atoms with Gasteiger partial charge in [-0.25, -0.2) is 0 Å². The highest BCUT2D eigenvalue weighted by Gasteiger charge is 2.57. The van der Waals surface area contributed by atoms with Gasteiger partial charge >= 0.3 is 5.97 Å². The lowest BCUT2D eigenvalue weighted by atomic mass is 9.61. The first-order valence-electron chi connectivity index (χ1n) is 8.47. The van der Waals surface area contributed by atoms with E-state index in [0.29, 0.717) is 23.7 Å². The molecule has 1 aromatic heterocycles. The van der Waals surface area contributed by atoms with Crippen LogP contribution in [0.1, 0.15) is 26.0 Å². The van der Waals surface area contributed by atoms with Crippen molar-refractivity contribution in [2.45, 2.75) is 38.9 Å². The quantitative estimate of drug-likeness (QED) is 0.740. The summed E-state index contributed by atoms with van der Waals surface area (Å²) in [5.74, 6) is 1.81. The van der Waals surface area contributed by atoms with Crippen LogP contribution >= 0.6 is 15.9 Å². The molecule has 124 valence electrons. The van der Waals surface area contributed by atoms with Crippen LogP contribution in [0.15, 0.2) is 22.8 Å². The van der Waals surface area contributed by atoms with Gasteiger partial charge in [0.05, 0.1) is 18.6 Å². The Balaban J connectivity index is 1.59. The Labute approximate surface area is 145 Å². The van der Waals surface area contributed by atoms with Gasteiger partial charge < -0.3 is 9.47 Å². The molecule has 23 heavy (non-hydrogen) atoms. The Morgan fingerprint density at radius 2 is 2.13 bits per heavy atom. The molecule has 7 atom stereocenters. The number of carbonyl (C=O) groups excluding carboxylic acids is 1. The van der Waals surface area contributed by atoms with Crippen LogP contribution in [0.4, 0.5) is 0 Å². The predicted octanol–water partition coefficient (Wildman–Crippen LogP) is 3.24. The first kappa shape index (κ1) is 15.6. The molecule has 3 heterocycles. The normalized spacial score (nSPS) is 42.2. The molecule has 2 aliphatic heterocycles. The largest absolute Gasteiger partial charge is 0.462 e. The van der Waals surface area contributed by atoms with E-state index in [4.69, 9.17) is 9.47 Å². The number of esters is 1. The minimum absolute atomic E-state index is 0.000201. The second-order valence-corrected chi connectivity index (χ2v) is 8.24. The van der Waals surface area contributed by atoms with E-state index in [1.165, 1.54) is 0 Å². The number of ether oxygens (including phenoxy) is 2. The molecule has 0 radical (unpaired) electrons. The number of aromatic nitrogens is 1. The highest BCUT2D eigenvalue weighted by molar-refractivity contribution is 9.10. The van der Waals surface area contributed by atoms with E-state index in [1.807, 2.05) is 25.3 Å². The van der Waals surface area contributed by atoms with Crippen LogP contribution in [0.25, 0.3) is 0 Å². The van der Waals surface area contributed by atoms with Crippen LogP contribution in [0.2, 0.25) is 0 Å². The van der Waals surface area contributed by atoms with Crippen molar-refractivity contribution in [3.8, 4) is 0 Å². The number of halogens is 1. The monoisotopic (exact) mass is 379 g/mol. The predicted molar refractivity (Wildman–Crippen MR) is 88.7 cm³/mol. The van der Waals surface area contributed by atoms with Gasteiger partial charge in [-0.05, 0) is 59.2 Å². The van der Waals surface area contributed by atoms with Crippen molar-refractivity contribution in [3.63, 3.8) is 0 Å². The summed E-state index contributed by atoms with van der Waals surface area (Å²) in [4.78, 5) is 16.7. The lowest BCUT2D eigenvalue weighted by Crippen LogP contribution is -2.44. The van der Waals surface area contributed by atoms with Crippen LogP contribution < -0.4 is 0 Å². The number of cyclic esters (lactones) is 1. The molecule has 3 fully saturated rings. The van der Waals surface area contributed by atoms with E-state index in [2.05, 4.69) is 27.8 Å². The van der Waals surface area contributed by atoms with E-state index in [0.717, 1.165) is 29.6 Å². The highest BCUT2D eigenvalue weighted by Crippen LogP contribution is 2.53. The van der Waals surface area contributed by atoms with Crippen molar-refractivity contribution in [1.82, 2.24) is 4.98 Å². The zero-order valence-corrected chi connectivity index (χ0v) is 15.0. The summed E-state index contributed by atoms with van der Waals surface area (Å²) in [6.45, 7) is 5.10. The molecule has 2 saturated heterocycles. The third-order valence-electron chi connectivity index (χ3n) is 6.04. The summed E-state index contributed by atoms with van der Waals surface area (Å²) in [6.07, 6.45) is 3.74. The minimum Gasteiger partial charge on any atom is -0.462 e. The maximum absolute atomic E-state index is 12.2. The Morgan fingerprint density at radius 3 is 2.87 bits per heavy atom. The number of hydrogen-bond donors (Lipinski definition) is 0. The average Bonchev–Trinajstić information content (AvgIpc) is 3.04. The molecule has 0 aromatic carbocycles. The van der Waals surface area contributed by atoms with Crippen molar-refractivity contribution in [1.29, 1.82) is 0 Å². The summed E-state index contributed by atoms with van der Waals surface area (Å²) < 4.78 is 12.7. The van der Waals surface area contributed by atoms with Gasteiger partial charge in [0.2, 0.25) is 0 Å². The van der Waals surface area contributed by atoms with Crippen molar-refractivity contribution >= 4 is 21.9 Å². The van der Waals surface area contributed by atoms with Gasteiger partial charge in [0.25, 0.3) is 0 Å². The fraction of sp³-hybridized carbons (Fsp3) is 0.667. The molecule has 0 spiro atoms. The molecule has 0 N–H and O–H groups in total. The molecule has 5 heteroatoms. The second kappa shape index (κ2) is 5.85. The molecule has 4 rings (SSSR count). The Hall–Kier alpha value is -0.940. The van der Waals surface area contributed by atoms with E-state index >= 15 is 0 Å². The summed E-state index contributed by atoms with van der Waals surface area (Å²) >= 11 is 3.43. The van der Waals surface area contributed by atoms with Crippen molar-refractivity contribution in [3.05, 3.63) is 28.5 Å². The van der Waals surface area contributed by atoms with E-state index < -0.39 is 0 Å². The smallest absolute Gasteiger partial charge is 0.309 e. The molecule has 2 unspecified atom stereocenters. The first-order chi connectivity index (χ1) is 11.0. The Morgan fingerprint density at radius 1 is 1.30 bits per heavy atom. The molecule has 1 saturated carbocycles. The number of hydrogen-bond acceptors (Lipinski definition) is 4. The standard InChI is InChI=1S/C18H22BrNO3/c1-9-5-13-16(10(2)23-18(13)21)17-14(9)8-22-15(17)6-12-4-3-11(19)7-20-12/h3-4,7,9-10,13-17H,5-6,8H2,1-2H3/t9-,10+,13+,14?,15?,16+,17+/m0/s1. The van der Waals surface area contributed by atoms with Gasteiger partial charge in [0.15, 0.2) is 0 Å². The molecule has 4 nitrogen and oxygen atoms in total. The maximum atomic E-state index is 12.2. The fourth-order valence-corrected chi connectivity index (χ4v) is 5.22. The topological polar surface area (TPSA) is 48.4 Å². The summed E-state index contributed by atoms with van der Waals surface area (Å²) in [5, 5.41) is 0. The van der Waals surface area contributed by atoms with Crippen LogP contribution in [0.5, 0.6) is 0 Å². The molecule has 0 bridgehead atoms. The number of nitrogens with zero attached hydrogens (tertiary/aromatic N) is 1. The van der Waals surface area contributed by atoms with E-state index in [1.54, 1.807) is 0 Å². The Kier molecular flexibility index (Phi) is 3.96. The molecule has 1 aromatic rings. The number of pyridine rings is 1. The van der Waals surface area contributed by atoms with Crippen molar-refractivity contribution < 1.29 is 14.3 Å². The first-order valence-corrected chi connectivity index (χ1v) is 9.26. The van der Waals surface area contributed by atoms with Gasteiger partial charge in [-0.3, -0.25) is 9.78 Å². The second-order valence-electron chi connectivity index (χ2n) is 7.32. The van der Waals surface area contributed by atoms with Crippen molar-refractivity contribution in [2.75, 3.05) is 6.61 Å². The van der Waals surface area contributed by atoms with Gasteiger partial charge in [-0.15, -0.1) is 0 Å². The zero-order valence-electron chi connectivity index (χ0n) is 13.4. The highest BCUT2D eigenvalue weighted by atomic mass is 79.9. The summed E-state index contributed by atoms with van der Waals surface area (Å²) in [5.41, 5.74) is 1.05. The van der Waals surface area contributed by atoms with Crippen molar-refractivity contribution in [2.24, 2.45) is 29.6 Å². The SMILES string of the molecule is C[C@H]1C[C@H]2C(=O)O[C@H](C)[C@H]2[C@H]2C(Cc3ccc(Br)cn3)OCC21. The Bertz CT molecular complexity index is 605. The van der Waals surface area contributed by atoms with Crippen LogP contribution in [-0.4, -0.2) is 29.8 Å². The van der Waals surface area contributed by atoms with Crippen LogP contribution in [-0.2, 0) is 20.7 Å². The zero-order chi connectivity index (χ0) is 16.1. The van der Waals surface area contributed by atoms with Gasteiger partial charge in [0, 0.05) is 28.7 Å². The molecule has 1 aliphatic carbocycles. The maximum Gasteiger partial charge on any atom is 0.309 e. The molecule has 3 aliphatic rings. The fourth-order valence-electron chi connectivity index (χ4n) is 4.98. The number of rotatable bonds is 2. The number of fused-ring (bicyclic) bond motifs is 3. The average molecular weight is 380 g/mol. The van der Waals surface area contributed by atoms with E-state index in [9.17, 15) is 4.79 Å². The van der Waals surface area contributed by atoms with Crippen LogP contribution in [0.3, 0.4) is 0 Å². The van der Waals surface area contributed by atoms with Gasteiger partial charge in [-0.2, -0.15) is 0 Å². The number of carbonyl (C=O) groups is 1. The summed E-state index contributed by atoms with van der Waals surface area (Å²) in [7, 11) is 0. The third kappa shape index (κ3) is 2.62. The molecular weight excluding hydrogens is 358 g/mol. The summed E-state index contributed by atoms with van der Waals surface area (Å²) in [6, 6.07) is 4.07. The minimum atomic E-state index is 0.000201. The lowest BCUT2D eigenvalue weighted by molar-refractivity contribution is -0.144. The molecule has 0 amide bonds.